The van der Waals surface area contributed by atoms with E-state index in [0.717, 1.165) is 22.5 Å². The summed E-state index contributed by atoms with van der Waals surface area (Å²) in [6, 6.07) is 40.1. The molecule has 0 N–H and O–H groups in total. The van der Waals surface area contributed by atoms with Crippen molar-refractivity contribution in [2.45, 2.75) is 0 Å². The molecule has 2 heterocycles. The Hall–Kier alpha value is -3.95. The van der Waals surface area contributed by atoms with Crippen LogP contribution in [-0.2, 0) is 0 Å². The van der Waals surface area contributed by atoms with Gasteiger partial charge in [0.05, 0.1) is 5.69 Å². The molecule has 6 rings (SSSR count). The Balaban J connectivity index is 1.63. The smallest absolute Gasteiger partial charge is 0.101 e. The summed E-state index contributed by atoms with van der Waals surface area (Å²) in [5, 5.41) is 7.59. The standard InChI is InChI=1S/C29H20N2S/c1-4-12-21(13-5-1)27-26(20-31(30-27)23-16-8-3-9-17-23)29-25-19-11-10-18-24(25)28(32-29)22-14-6-2-7-15-22/h1-20H. The maximum Gasteiger partial charge on any atom is 0.101 e. The van der Waals surface area contributed by atoms with Gasteiger partial charge >= 0.3 is 0 Å². The quantitative estimate of drug-likeness (QED) is 0.277. The second kappa shape index (κ2) is 7.95. The van der Waals surface area contributed by atoms with Crippen LogP contribution in [0.3, 0.4) is 0 Å². The van der Waals surface area contributed by atoms with Gasteiger partial charge in [0.1, 0.15) is 5.69 Å². The molecule has 6 aromatic rings. The maximum atomic E-state index is 5.04. The Morgan fingerprint density at radius 3 is 1.72 bits per heavy atom. The van der Waals surface area contributed by atoms with Gasteiger partial charge in [0.25, 0.3) is 0 Å². The minimum atomic E-state index is 1.00. The monoisotopic (exact) mass is 428 g/mol. The van der Waals surface area contributed by atoms with Gasteiger partial charge in [0.2, 0.25) is 0 Å². The SMILES string of the molecule is c1ccc(-c2nn(-c3ccccc3)cc2-c2sc(-c3ccccc3)c3ccccc23)cc1. The predicted molar refractivity (Wildman–Crippen MR) is 135 cm³/mol. The molecule has 0 bridgehead atoms. The fourth-order valence-corrected chi connectivity index (χ4v) is 5.45. The summed E-state index contributed by atoms with van der Waals surface area (Å²) in [5.74, 6) is 0. The van der Waals surface area contributed by atoms with Gasteiger partial charge in [-0.25, -0.2) is 4.68 Å². The second-order valence-electron chi connectivity index (χ2n) is 7.71. The van der Waals surface area contributed by atoms with Crippen LogP contribution in [0.25, 0.3) is 48.6 Å². The average Bonchev–Trinajstić information content (AvgIpc) is 3.48. The van der Waals surface area contributed by atoms with Gasteiger partial charge in [0.15, 0.2) is 0 Å². The molecule has 2 nitrogen and oxygen atoms in total. The summed E-state index contributed by atoms with van der Waals surface area (Å²) < 4.78 is 1.99. The molecule has 0 unspecified atom stereocenters. The highest BCUT2D eigenvalue weighted by Gasteiger charge is 2.20. The van der Waals surface area contributed by atoms with Crippen molar-refractivity contribution in [2.24, 2.45) is 0 Å². The number of aromatic nitrogens is 2. The van der Waals surface area contributed by atoms with Crippen LogP contribution >= 0.6 is 11.3 Å². The first-order valence-corrected chi connectivity index (χ1v) is 11.5. The molecule has 3 heteroatoms. The number of rotatable bonds is 4. The summed E-state index contributed by atoms with van der Waals surface area (Å²) in [6.07, 6.45) is 2.17. The highest BCUT2D eigenvalue weighted by atomic mass is 32.1. The molecule has 0 saturated carbocycles. The Bertz CT molecular complexity index is 1500. The molecule has 152 valence electrons. The summed E-state index contributed by atoms with van der Waals surface area (Å²) in [4.78, 5) is 2.54. The van der Waals surface area contributed by atoms with Gasteiger partial charge < -0.3 is 0 Å². The summed E-state index contributed by atoms with van der Waals surface area (Å²) in [5.41, 5.74) is 5.58. The van der Waals surface area contributed by atoms with Gasteiger partial charge in [-0.05, 0) is 17.7 Å². The molecule has 0 amide bonds. The molecule has 0 radical (unpaired) electrons. The van der Waals surface area contributed by atoms with Gasteiger partial charge in [-0.15, -0.1) is 11.3 Å². The van der Waals surface area contributed by atoms with E-state index in [4.69, 9.17) is 5.10 Å². The Morgan fingerprint density at radius 2 is 1.06 bits per heavy atom. The molecule has 0 fully saturated rings. The van der Waals surface area contributed by atoms with Gasteiger partial charge in [-0.1, -0.05) is 103 Å². The zero-order chi connectivity index (χ0) is 21.3. The lowest BCUT2D eigenvalue weighted by Crippen LogP contribution is -1.93. The third kappa shape index (κ3) is 3.24. The molecule has 2 aromatic heterocycles. The lowest BCUT2D eigenvalue weighted by Gasteiger charge is -2.01. The fraction of sp³-hybridized carbons (Fsp3) is 0. The van der Waals surface area contributed by atoms with Crippen molar-refractivity contribution in [3.8, 4) is 37.8 Å². The molecule has 0 spiro atoms. The molecule has 0 atom stereocenters. The number of hydrogen-bond donors (Lipinski definition) is 0. The minimum absolute atomic E-state index is 1.00. The first kappa shape index (κ1) is 18.8. The molecule has 0 saturated heterocycles. The molecular weight excluding hydrogens is 408 g/mol. The Labute approximate surface area is 191 Å². The van der Waals surface area contributed by atoms with Crippen molar-refractivity contribution >= 4 is 22.1 Å². The molecular formula is C29H20N2S. The van der Waals surface area contributed by atoms with Crippen molar-refractivity contribution in [1.82, 2.24) is 9.78 Å². The van der Waals surface area contributed by atoms with Crippen LogP contribution in [0.4, 0.5) is 0 Å². The van der Waals surface area contributed by atoms with Crippen LogP contribution in [0, 0.1) is 0 Å². The summed E-state index contributed by atoms with van der Waals surface area (Å²) >= 11 is 1.84. The third-order valence-corrected chi connectivity index (χ3v) is 6.99. The van der Waals surface area contributed by atoms with Crippen molar-refractivity contribution in [2.75, 3.05) is 0 Å². The topological polar surface area (TPSA) is 17.8 Å². The van der Waals surface area contributed by atoms with Crippen LogP contribution in [0.2, 0.25) is 0 Å². The van der Waals surface area contributed by atoms with Gasteiger partial charge in [-0.2, -0.15) is 5.10 Å². The van der Waals surface area contributed by atoms with Crippen LogP contribution in [0.1, 0.15) is 0 Å². The summed E-state index contributed by atoms with van der Waals surface area (Å²) in [6.45, 7) is 0. The first-order valence-electron chi connectivity index (χ1n) is 10.7. The Kier molecular flexibility index (Phi) is 4.67. The number of benzene rings is 4. The van der Waals surface area contributed by atoms with E-state index in [9.17, 15) is 0 Å². The van der Waals surface area contributed by atoms with Crippen LogP contribution < -0.4 is 0 Å². The van der Waals surface area contributed by atoms with E-state index >= 15 is 0 Å². The second-order valence-corrected chi connectivity index (χ2v) is 8.73. The van der Waals surface area contributed by atoms with Crippen LogP contribution in [0.5, 0.6) is 0 Å². The highest BCUT2D eigenvalue weighted by molar-refractivity contribution is 7.21. The van der Waals surface area contributed by atoms with E-state index < -0.39 is 0 Å². The van der Waals surface area contributed by atoms with Crippen molar-refractivity contribution in [1.29, 1.82) is 0 Å². The average molecular weight is 429 g/mol. The third-order valence-electron chi connectivity index (χ3n) is 5.68. The minimum Gasteiger partial charge on any atom is -0.240 e. The van der Waals surface area contributed by atoms with Crippen LogP contribution in [-0.4, -0.2) is 9.78 Å². The van der Waals surface area contributed by atoms with Crippen molar-refractivity contribution < 1.29 is 0 Å². The van der Waals surface area contributed by atoms with Crippen molar-refractivity contribution in [3.05, 3.63) is 121 Å². The molecule has 4 aromatic carbocycles. The summed E-state index contributed by atoms with van der Waals surface area (Å²) in [7, 11) is 0. The lowest BCUT2D eigenvalue weighted by atomic mass is 10.0. The number of thiophene rings is 1. The normalized spacial score (nSPS) is 11.1. The fourth-order valence-electron chi connectivity index (χ4n) is 4.16. The van der Waals surface area contributed by atoms with E-state index in [1.165, 1.54) is 26.1 Å². The first-order chi connectivity index (χ1) is 15.9. The molecule has 0 aliphatic carbocycles. The zero-order valence-corrected chi connectivity index (χ0v) is 18.2. The van der Waals surface area contributed by atoms with E-state index in [1.807, 2.05) is 40.3 Å². The van der Waals surface area contributed by atoms with E-state index in [2.05, 4.69) is 97.2 Å². The highest BCUT2D eigenvalue weighted by Crippen LogP contribution is 2.46. The number of hydrogen-bond acceptors (Lipinski definition) is 2. The van der Waals surface area contributed by atoms with Crippen LogP contribution in [0.15, 0.2) is 121 Å². The number of fused-ring (bicyclic) bond motifs is 1. The number of para-hydroxylation sites is 1. The molecule has 0 aliphatic heterocycles. The van der Waals surface area contributed by atoms with E-state index in [0.29, 0.717) is 0 Å². The molecule has 32 heavy (non-hydrogen) atoms. The van der Waals surface area contributed by atoms with Gasteiger partial charge in [-0.3, -0.25) is 0 Å². The number of nitrogens with zero attached hydrogens (tertiary/aromatic N) is 2. The van der Waals surface area contributed by atoms with Crippen molar-refractivity contribution in [3.63, 3.8) is 0 Å². The maximum absolute atomic E-state index is 5.04. The largest absolute Gasteiger partial charge is 0.240 e. The molecule has 0 aliphatic rings. The zero-order valence-electron chi connectivity index (χ0n) is 17.3. The lowest BCUT2D eigenvalue weighted by molar-refractivity contribution is 0.884. The Morgan fingerprint density at radius 1 is 0.531 bits per heavy atom. The predicted octanol–water partition coefficient (Wildman–Crippen LogP) is 8.09. The van der Waals surface area contributed by atoms with Gasteiger partial charge in [0, 0.05) is 37.9 Å². The van der Waals surface area contributed by atoms with E-state index in [-0.39, 0.29) is 0 Å². The van der Waals surface area contributed by atoms with E-state index in [1.54, 1.807) is 0 Å².